The lowest BCUT2D eigenvalue weighted by Gasteiger charge is -2.28. The molecule has 0 radical (unpaired) electrons. The van der Waals surface area contributed by atoms with E-state index in [0.717, 1.165) is 23.1 Å². The summed E-state index contributed by atoms with van der Waals surface area (Å²) < 4.78 is 4.90. The molecule has 5 nitrogen and oxygen atoms in total. The average Bonchev–Trinajstić information content (AvgIpc) is 2.65. The summed E-state index contributed by atoms with van der Waals surface area (Å²) in [7, 11) is 1.58. The Morgan fingerprint density at radius 3 is 2.72 bits per heavy atom. The molecular weight excluding hydrogens is 316 g/mol. The van der Waals surface area contributed by atoms with E-state index in [-0.39, 0.29) is 18.4 Å². The summed E-state index contributed by atoms with van der Waals surface area (Å²) in [6.07, 6.45) is 0.757. The molecule has 0 aromatic heterocycles. The molecule has 0 saturated carbocycles. The molecule has 1 N–H and O–H groups in total. The number of fused-ring (bicyclic) bond motifs is 1. The van der Waals surface area contributed by atoms with E-state index in [1.807, 2.05) is 30.3 Å². The second-order valence-electron chi connectivity index (χ2n) is 6.06. The number of hydrogen-bond donors (Lipinski definition) is 1. The molecule has 0 saturated heterocycles. The van der Waals surface area contributed by atoms with Gasteiger partial charge in [-0.25, -0.2) is 0 Å². The van der Waals surface area contributed by atoms with Gasteiger partial charge in [0.05, 0.1) is 13.2 Å². The van der Waals surface area contributed by atoms with Crippen molar-refractivity contribution in [3.63, 3.8) is 0 Å². The van der Waals surface area contributed by atoms with Crippen molar-refractivity contribution >= 4 is 11.8 Å². The number of carbonyl (C=O) groups excluding carboxylic acids is 2. The molecular formula is C20H22N2O3. The van der Waals surface area contributed by atoms with Crippen LogP contribution in [0.25, 0.3) is 11.1 Å². The highest BCUT2D eigenvalue weighted by Crippen LogP contribution is 2.26. The molecule has 2 aromatic carbocycles. The van der Waals surface area contributed by atoms with Crippen LogP contribution in [-0.2, 0) is 16.0 Å². The van der Waals surface area contributed by atoms with Crippen molar-refractivity contribution in [3.05, 3.63) is 59.7 Å². The average molecular weight is 338 g/mol. The van der Waals surface area contributed by atoms with Gasteiger partial charge >= 0.3 is 0 Å². The van der Waals surface area contributed by atoms with E-state index < -0.39 is 0 Å². The Morgan fingerprint density at radius 1 is 1.16 bits per heavy atom. The van der Waals surface area contributed by atoms with Gasteiger partial charge in [-0.2, -0.15) is 0 Å². The van der Waals surface area contributed by atoms with Gasteiger partial charge in [-0.1, -0.05) is 42.5 Å². The van der Waals surface area contributed by atoms with Crippen LogP contribution in [0.3, 0.4) is 0 Å². The molecule has 130 valence electrons. The summed E-state index contributed by atoms with van der Waals surface area (Å²) >= 11 is 0. The van der Waals surface area contributed by atoms with Gasteiger partial charge in [0, 0.05) is 25.8 Å². The summed E-state index contributed by atoms with van der Waals surface area (Å²) in [4.78, 5) is 26.2. The Bertz CT molecular complexity index is 759. The van der Waals surface area contributed by atoms with Crippen LogP contribution in [0.4, 0.5) is 0 Å². The van der Waals surface area contributed by atoms with Gasteiger partial charge in [-0.05, 0) is 29.2 Å². The lowest BCUT2D eigenvalue weighted by atomic mass is 9.94. The maximum Gasteiger partial charge on any atom is 0.254 e. The number of rotatable bonds is 6. The highest BCUT2D eigenvalue weighted by atomic mass is 16.5. The van der Waals surface area contributed by atoms with E-state index in [0.29, 0.717) is 25.3 Å². The van der Waals surface area contributed by atoms with Crippen LogP contribution in [0.5, 0.6) is 0 Å². The first-order valence-corrected chi connectivity index (χ1v) is 8.42. The molecule has 0 unspecified atom stereocenters. The Balaban J connectivity index is 1.70. The molecule has 3 rings (SSSR count). The number of hydrogen-bond acceptors (Lipinski definition) is 3. The summed E-state index contributed by atoms with van der Waals surface area (Å²) in [6, 6.07) is 16.0. The second kappa shape index (κ2) is 7.94. The Labute approximate surface area is 147 Å². The molecule has 0 spiro atoms. The zero-order valence-electron chi connectivity index (χ0n) is 14.3. The number of ether oxygens (including phenoxy) is 1. The summed E-state index contributed by atoms with van der Waals surface area (Å²) in [6.45, 7) is 1.56. The lowest BCUT2D eigenvalue weighted by molar-refractivity contribution is -0.122. The quantitative estimate of drug-likeness (QED) is 0.821. The zero-order chi connectivity index (χ0) is 17.6. The van der Waals surface area contributed by atoms with Gasteiger partial charge in [0.1, 0.15) is 0 Å². The number of amides is 2. The van der Waals surface area contributed by atoms with Gasteiger partial charge in [-0.15, -0.1) is 0 Å². The van der Waals surface area contributed by atoms with E-state index >= 15 is 0 Å². The van der Waals surface area contributed by atoms with Crippen LogP contribution in [0, 0.1) is 0 Å². The predicted octanol–water partition coefficient (Wildman–Crippen LogP) is 2.11. The van der Waals surface area contributed by atoms with Gasteiger partial charge < -0.3 is 15.0 Å². The van der Waals surface area contributed by atoms with E-state index in [1.165, 1.54) is 0 Å². The van der Waals surface area contributed by atoms with Crippen LogP contribution < -0.4 is 5.32 Å². The smallest absolute Gasteiger partial charge is 0.254 e. The largest absolute Gasteiger partial charge is 0.383 e. The van der Waals surface area contributed by atoms with Crippen LogP contribution in [0.15, 0.2) is 48.5 Å². The zero-order valence-corrected chi connectivity index (χ0v) is 14.3. The third-order valence-corrected chi connectivity index (χ3v) is 4.34. The normalized spacial score (nSPS) is 13.5. The van der Waals surface area contributed by atoms with Crippen LogP contribution in [0.1, 0.15) is 15.9 Å². The molecule has 5 heteroatoms. The van der Waals surface area contributed by atoms with Crippen molar-refractivity contribution in [2.75, 3.05) is 33.4 Å². The Hall–Kier alpha value is -2.66. The van der Waals surface area contributed by atoms with Gasteiger partial charge in [0.2, 0.25) is 5.91 Å². The maximum atomic E-state index is 12.7. The fourth-order valence-corrected chi connectivity index (χ4v) is 3.02. The van der Waals surface area contributed by atoms with Crippen LogP contribution in [0.2, 0.25) is 0 Å². The lowest BCUT2D eigenvalue weighted by Crippen LogP contribution is -2.44. The second-order valence-corrected chi connectivity index (χ2v) is 6.06. The molecule has 25 heavy (non-hydrogen) atoms. The van der Waals surface area contributed by atoms with Crippen LogP contribution in [-0.4, -0.2) is 50.1 Å². The molecule has 1 heterocycles. The summed E-state index contributed by atoms with van der Waals surface area (Å²) in [5, 5.41) is 2.75. The van der Waals surface area contributed by atoms with Crippen molar-refractivity contribution in [2.45, 2.75) is 6.42 Å². The molecule has 0 atom stereocenters. The monoisotopic (exact) mass is 338 g/mol. The summed E-state index contributed by atoms with van der Waals surface area (Å²) in [5.74, 6) is -0.238. The molecule has 2 amide bonds. The van der Waals surface area contributed by atoms with Crippen molar-refractivity contribution in [2.24, 2.45) is 0 Å². The Kier molecular flexibility index (Phi) is 5.46. The van der Waals surface area contributed by atoms with Crippen molar-refractivity contribution in [1.82, 2.24) is 10.2 Å². The number of benzene rings is 2. The van der Waals surface area contributed by atoms with Crippen LogP contribution >= 0.6 is 0 Å². The number of nitrogens with one attached hydrogen (secondary N) is 1. The van der Waals surface area contributed by atoms with E-state index in [2.05, 4.69) is 23.5 Å². The van der Waals surface area contributed by atoms with Crippen molar-refractivity contribution in [1.29, 1.82) is 0 Å². The standard InChI is InChI=1S/C20H22N2O3/c1-25-12-10-21-19(23)14-22-11-9-17-13-16(7-8-18(17)20(22)24)15-5-3-2-4-6-15/h2-8,13H,9-12,14H2,1H3,(H,21,23). The van der Waals surface area contributed by atoms with Gasteiger partial charge in [0.15, 0.2) is 0 Å². The van der Waals surface area contributed by atoms with Gasteiger partial charge in [-0.3, -0.25) is 9.59 Å². The third-order valence-electron chi connectivity index (χ3n) is 4.34. The number of carbonyl (C=O) groups is 2. The predicted molar refractivity (Wildman–Crippen MR) is 96.4 cm³/mol. The minimum Gasteiger partial charge on any atom is -0.383 e. The molecule has 1 aliphatic rings. The van der Waals surface area contributed by atoms with E-state index in [9.17, 15) is 9.59 Å². The van der Waals surface area contributed by atoms with E-state index in [4.69, 9.17) is 4.74 Å². The van der Waals surface area contributed by atoms with Crippen molar-refractivity contribution in [3.8, 4) is 11.1 Å². The molecule has 0 fully saturated rings. The minimum absolute atomic E-state index is 0.0808. The van der Waals surface area contributed by atoms with Crippen molar-refractivity contribution < 1.29 is 14.3 Å². The minimum atomic E-state index is -0.158. The summed E-state index contributed by atoms with van der Waals surface area (Å²) in [5.41, 5.74) is 3.98. The molecule has 1 aliphatic heterocycles. The fraction of sp³-hybridized carbons (Fsp3) is 0.300. The Morgan fingerprint density at radius 2 is 1.96 bits per heavy atom. The first-order valence-electron chi connectivity index (χ1n) is 8.42. The molecule has 0 bridgehead atoms. The SMILES string of the molecule is COCCNC(=O)CN1CCc2cc(-c3ccccc3)ccc2C1=O. The topological polar surface area (TPSA) is 58.6 Å². The first-order chi connectivity index (χ1) is 12.2. The third kappa shape index (κ3) is 4.06. The number of nitrogens with zero attached hydrogens (tertiary/aromatic N) is 1. The highest BCUT2D eigenvalue weighted by Gasteiger charge is 2.26. The maximum absolute atomic E-state index is 12.7. The molecule has 2 aromatic rings. The fourth-order valence-electron chi connectivity index (χ4n) is 3.02. The highest BCUT2D eigenvalue weighted by molar-refractivity contribution is 5.99. The first kappa shape index (κ1) is 17.2. The van der Waals surface area contributed by atoms with Gasteiger partial charge in [0.25, 0.3) is 5.91 Å². The van der Waals surface area contributed by atoms with E-state index in [1.54, 1.807) is 12.0 Å². The molecule has 0 aliphatic carbocycles. The number of methoxy groups -OCH3 is 1.